The number of hydrogen-bond donors (Lipinski definition) is 1. The van der Waals surface area contributed by atoms with Crippen LogP contribution in [0.5, 0.6) is 0 Å². The summed E-state index contributed by atoms with van der Waals surface area (Å²) in [5, 5.41) is 5.35. The highest BCUT2D eigenvalue weighted by molar-refractivity contribution is 6.31. The fourth-order valence-electron chi connectivity index (χ4n) is 3.42. The molecule has 3 heterocycles. The Kier molecular flexibility index (Phi) is 4.43. The number of aromatic nitrogens is 2. The highest BCUT2D eigenvalue weighted by Crippen LogP contribution is 2.28. The van der Waals surface area contributed by atoms with Gasteiger partial charge in [-0.3, -0.25) is 14.9 Å². The first-order chi connectivity index (χ1) is 11.8. The molecule has 1 aliphatic rings. The van der Waals surface area contributed by atoms with Gasteiger partial charge in [0.15, 0.2) is 0 Å². The molecule has 1 unspecified atom stereocenters. The minimum Gasteiger partial charge on any atom is -0.314 e. The molecule has 1 N–H and O–H groups in total. The van der Waals surface area contributed by atoms with Crippen LogP contribution in [0.2, 0.25) is 5.02 Å². The third kappa shape index (κ3) is 3.13. The third-order valence-corrected chi connectivity index (χ3v) is 4.79. The summed E-state index contributed by atoms with van der Waals surface area (Å²) in [5.41, 5.74) is 3.50. The van der Waals surface area contributed by atoms with E-state index >= 15 is 0 Å². The van der Waals surface area contributed by atoms with E-state index in [1.807, 2.05) is 36.8 Å². The van der Waals surface area contributed by atoms with Gasteiger partial charge in [0.1, 0.15) is 0 Å². The molecule has 24 heavy (non-hydrogen) atoms. The van der Waals surface area contributed by atoms with E-state index in [-0.39, 0.29) is 0 Å². The summed E-state index contributed by atoms with van der Waals surface area (Å²) < 4.78 is 0. The Balaban J connectivity index is 1.68. The zero-order valence-electron chi connectivity index (χ0n) is 13.3. The van der Waals surface area contributed by atoms with Crippen molar-refractivity contribution < 1.29 is 0 Å². The number of nitrogens with one attached hydrogen (secondary N) is 1. The van der Waals surface area contributed by atoms with E-state index in [0.717, 1.165) is 42.1 Å². The van der Waals surface area contributed by atoms with Crippen LogP contribution in [-0.4, -0.2) is 34.5 Å². The minimum absolute atomic E-state index is 0.333. The van der Waals surface area contributed by atoms with Crippen LogP contribution >= 0.6 is 11.6 Å². The van der Waals surface area contributed by atoms with Crippen molar-refractivity contribution in [3.63, 3.8) is 0 Å². The molecule has 4 rings (SSSR count). The monoisotopic (exact) mass is 338 g/mol. The summed E-state index contributed by atoms with van der Waals surface area (Å²) in [5.74, 6) is 0. The molecular weight excluding hydrogens is 320 g/mol. The first-order valence-electron chi connectivity index (χ1n) is 8.19. The van der Waals surface area contributed by atoms with E-state index in [2.05, 4.69) is 38.4 Å². The van der Waals surface area contributed by atoms with Crippen molar-refractivity contribution in [1.82, 2.24) is 20.2 Å². The van der Waals surface area contributed by atoms with Crippen molar-refractivity contribution in [1.29, 1.82) is 0 Å². The lowest BCUT2D eigenvalue weighted by Crippen LogP contribution is -2.45. The van der Waals surface area contributed by atoms with Crippen LogP contribution in [0.4, 0.5) is 0 Å². The summed E-state index contributed by atoms with van der Waals surface area (Å²) >= 11 is 6.33. The van der Waals surface area contributed by atoms with E-state index in [1.165, 1.54) is 11.1 Å². The lowest BCUT2D eigenvalue weighted by Gasteiger charge is -2.36. The van der Waals surface area contributed by atoms with Crippen LogP contribution in [0.1, 0.15) is 17.2 Å². The molecule has 0 radical (unpaired) electrons. The van der Waals surface area contributed by atoms with E-state index in [0.29, 0.717) is 6.04 Å². The number of piperazine rings is 1. The second-order valence-electron chi connectivity index (χ2n) is 6.11. The van der Waals surface area contributed by atoms with Gasteiger partial charge in [-0.2, -0.15) is 0 Å². The van der Waals surface area contributed by atoms with Crippen molar-refractivity contribution >= 4 is 22.5 Å². The molecule has 0 amide bonds. The molecule has 4 nitrogen and oxygen atoms in total. The van der Waals surface area contributed by atoms with Crippen molar-refractivity contribution in [2.45, 2.75) is 12.6 Å². The van der Waals surface area contributed by atoms with Gasteiger partial charge < -0.3 is 5.32 Å². The zero-order chi connectivity index (χ0) is 16.4. The molecule has 0 aliphatic carbocycles. The number of nitrogens with zero attached hydrogens (tertiary/aromatic N) is 3. The van der Waals surface area contributed by atoms with Crippen molar-refractivity contribution in [3.05, 3.63) is 71.1 Å². The summed E-state index contributed by atoms with van der Waals surface area (Å²) in [6, 6.07) is 12.6. The molecule has 0 saturated carbocycles. The summed E-state index contributed by atoms with van der Waals surface area (Å²) in [7, 11) is 0. The molecule has 0 spiro atoms. The normalized spacial score (nSPS) is 18.8. The highest BCUT2D eigenvalue weighted by Gasteiger charge is 2.24. The Labute approximate surface area is 146 Å². The topological polar surface area (TPSA) is 41.0 Å². The van der Waals surface area contributed by atoms with Crippen LogP contribution in [0.25, 0.3) is 10.9 Å². The van der Waals surface area contributed by atoms with Crippen LogP contribution in [0.3, 0.4) is 0 Å². The third-order valence-electron chi connectivity index (χ3n) is 4.57. The molecule has 1 fully saturated rings. The molecule has 1 saturated heterocycles. The van der Waals surface area contributed by atoms with Gasteiger partial charge in [0.05, 0.1) is 5.52 Å². The van der Waals surface area contributed by atoms with Gasteiger partial charge in [-0.15, -0.1) is 0 Å². The van der Waals surface area contributed by atoms with E-state index in [9.17, 15) is 0 Å². The van der Waals surface area contributed by atoms with E-state index in [1.54, 1.807) is 0 Å². The number of benzene rings is 1. The van der Waals surface area contributed by atoms with Crippen molar-refractivity contribution in [3.8, 4) is 0 Å². The lowest BCUT2D eigenvalue weighted by atomic mass is 10.0. The van der Waals surface area contributed by atoms with Gasteiger partial charge in [0.25, 0.3) is 0 Å². The van der Waals surface area contributed by atoms with Crippen LogP contribution in [0, 0.1) is 0 Å². The summed E-state index contributed by atoms with van der Waals surface area (Å²) in [6.07, 6.45) is 5.56. The molecular formula is C19H19ClN4. The number of hydrogen-bond acceptors (Lipinski definition) is 4. The van der Waals surface area contributed by atoms with Crippen LogP contribution < -0.4 is 5.32 Å². The van der Waals surface area contributed by atoms with E-state index < -0.39 is 0 Å². The second-order valence-corrected chi connectivity index (χ2v) is 6.55. The van der Waals surface area contributed by atoms with E-state index in [4.69, 9.17) is 11.6 Å². The second kappa shape index (κ2) is 6.85. The molecule has 122 valence electrons. The molecule has 1 aromatic carbocycles. The number of halogens is 1. The average molecular weight is 339 g/mol. The SMILES string of the molecule is Clc1cc(CN2CCNCC2c2ccncc2)c2ncccc2c1. The molecule has 3 aromatic rings. The van der Waals surface area contributed by atoms with Crippen molar-refractivity contribution in [2.24, 2.45) is 0 Å². The maximum atomic E-state index is 6.33. The van der Waals surface area contributed by atoms with Gasteiger partial charge in [-0.05, 0) is 41.5 Å². The van der Waals surface area contributed by atoms with Gasteiger partial charge in [-0.25, -0.2) is 0 Å². The Morgan fingerprint density at radius 3 is 2.92 bits per heavy atom. The molecule has 0 bridgehead atoms. The fraction of sp³-hybridized carbons (Fsp3) is 0.263. The van der Waals surface area contributed by atoms with Gasteiger partial charge in [0, 0.05) is 61.2 Å². The Bertz CT molecular complexity index is 837. The molecule has 5 heteroatoms. The first kappa shape index (κ1) is 15.5. The maximum Gasteiger partial charge on any atom is 0.0747 e. The van der Waals surface area contributed by atoms with Gasteiger partial charge in [0.2, 0.25) is 0 Å². The predicted octanol–water partition coefficient (Wildman–Crippen LogP) is 3.43. The molecule has 1 atom stereocenters. The van der Waals surface area contributed by atoms with Crippen LogP contribution in [-0.2, 0) is 6.54 Å². The smallest absolute Gasteiger partial charge is 0.0747 e. The minimum atomic E-state index is 0.333. The molecule has 2 aromatic heterocycles. The standard InChI is InChI=1S/C19H19ClN4/c20-17-10-15-2-1-5-23-19(15)16(11-17)13-24-9-8-22-12-18(24)14-3-6-21-7-4-14/h1-7,10-11,18,22H,8-9,12-13H2. The quantitative estimate of drug-likeness (QED) is 0.794. The lowest BCUT2D eigenvalue weighted by molar-refractivity contribution is 0.154. The Morgan fingerprint density at radius 2 is 2.04 bits per heavy atom. The predicted molar refractivity (Wildman–Crippen MR) is 97.0 cm³/mol. The van der Waals surface area contributed by atoms with Crippen LogP contribution in [0.15, 0.2) is 55.0 Å². The van der Waals surface area contributed by atoms with Gasteiger partial charge >= 0.3 is 0 Å². The fourth-order valence-corrected chi connectivity index (χ4v) is 3.67. The Morgan fingerprint density at radius 1 is 1.17 bits per heavy atom. The summed E-state index contributed by atoms with van der Waals surface area (Å²) in [6.45, 7) is 3.76. The Hall–Kier alpha value is -2.01. The average Bonchev–Trinajstić information content (AvgIpc) is 2.63. The number of pyridine rings is 2. The highest BCUT2D eigenvalue weighted by atomic mass is 35.5. The first-order valence-corrected chi connectivity index (χ1v) is 8.57. The maximum absolute atomic E-state index is 6.33. The zero-order valence-corrected chi connectivity index (χ0v) is 14.1. The largest absolute Gasteiger partial charge is 0.314 e. The molecule has 1 aliphatic heterocycles. The number of rotatable bonds is 3. The summed E-state index contributed by atoms with van der Waals surface area (Å²) in [4.78, 5) is 11.2. The van der Waals surface area contributed by atoms with Gasteiger partial charge in [-0.1, -0.05) is 17.7 Å². The van der Waals surface area contributed by atoms with Crippen molar-refractivity contribution in [2.75, 3.05) is 19.6 Å². The number of fused-ring (bicyclic) bond motifs is 1.